The van der Waals surface area contributed by atoms with Gasteiger partial charge in [0, 0.05) is 32.2 Å². The summed E-state index contributed by atoms with van der Waals surface area (Å²) < 4.78 is 0. The number of hydrogen-bond acceptors (Lipinski definition) is 2. The van der Waals surface area contributed by atoms with E-state index in [4.69, 9.17) is 0 Å². The van der Waals surface area contributed by atoms with Crippen LogP contribution in [0.1, 0.15) is 32.6 Å². The topological polar surface area (TPSA) is 15.3 Å². The van der Waals surface area contributed by atoms with E-state index in [0.29, 0.717) is 0 Å². The van der Waals surface area contributed by atoms with Crippen LogP contribution in [0.2, 0.25) is 0 Å². The summed E-state index contributed by atoms with van der Waals surface area (Å²) in [7, 11) is 0. The second-order valence-corrected chi connectivity index (χ2v) is 5.87. The van der Waals surface area contributed by atoms with Crippen LogP contribution in [0.4, 0.5) is 0 Å². The summed E-state index contributed by atoms with van der Waals surface area (Å²) in [5.41, 5.74) is 0. The Labute approximate surface area is 93.4 Å². The van der Waals surface area contributed by atoms with Crippen molar-refractivity contribution in [3.05, 3.63) is 0 Å². The fourth-order valence-corrected chi connectivity index (χ4v) is 4.24. The van der Waals surface area contributed by atoms with Gasteiger partial charge in [0.05, 0.1) is 0 Å². The van der Waals surface area contributed by atoms with Gasteiger partial charge < -0.3 is 5.32 Å². The van der Waals surface area contributed by atoms with Crippen molar-refractivity contribution in [2.75, 3.05) is 26.2 Å². The van der Waals surface area contributed by atoms with Crippen LogP contribution >= 0.6 is 0 Å². The van der Waals surface area contributed by atoms with Crippen LogP contribution in [0.3, 0.4) is 0 Å². The molecule has 1 aliphatic heterocycles. The Hall–Kier alpha value is -0.0800. The van der Waals surface area contributed by atoms with E-state index >= 15 is 0 Å². The number of nitrogens with zero attached hydrogens (tertiary/aromatic N) is 1. The molecule has 0 amide bonds. The van der Waals surface area contributed by atoms with Crippen molar-refractivity contribution in [1.82, 2.24) is 10.2 Å². The molecule has 3 fully saturated rings. The van der Waals surface area contributed by atoms with Crippen LogP contribution in [0.25, 0.3) is 0 Å². The van der Waals surface area contributed by atoms with E-state index in [2.05, 4.69) is 17.1 Å². The van der Waals surface area contributed by atoms with Gasteiger partial charge in [0.15, 0.2) is 0 Å². The summed E-state index contributed by atoms with van der Waals surface area (Å²) in [5, 5.41) is 3.45. The standard InChI is InChI=1S/C13H24N2/c1-10(15-6-4-14-5-7-15)13-9-11-2-3-12(13)8-11/h10-14H,2-9H2,1H3. The molecule has 86 valence electrons. The Morgan fingerprint density at radius 2 is 1.93 bits per heavy atom. The van der Waals surface area contributed by atoms with Crippen LogP contribution in [0.5, 0.6) is 0 Å². The van der Waals surface area contributed by atoms with Crippen molar-refractivity contribution in [2.45, 2.75) is 38.6 Å². The minimum Gasteiger partial charge on any atom is -0.314 e. The third-order valence-corrected chi connectivity index (χ3v) is 5.14. The molecule has 2 heteroatoms. The number of rotatable bonds is 2. The van der Waals surface area contributed by atoms with E-state index in [-0.39, 0.29) is 0 Å². The number of hydrogen-bond donors (Lipinski definition) is 1. The van der Waals surface area contributed by atoms with E-state index in [1.165, 1.54) is 45.4 Å². The minimum atomic E-state index is 0.849. The van der Waals surface area contributed by atoms with E-state index in [0.717, 1.165) is 23.8 Å². The van der Waals surface area contributed by atoms with Crippen molar-refractivity contribution in [3.8, 4) is 0 Å². The Kier molecular flexibility index (Phi) is 2.73. The summed E-state index contributed by atoms with van der Waals surface area (Å²) in [4.78, 5) is 2.72. The Morgan fingerprint density at radius 3 is 2.53 bits per heavy atom. The molecule has 1 saturated heterocycles. The minimum absolute atomic E-state index is 0.849. The lowest BCUT2D eigenvalue weighted by Crippen LogP contribution is -2.50. The zero-order valence-electron chi connectivity index (χ0n) is 9.91. The molecule has 4 atom stereocenters. The number of fused-ring (bicyclic) bond motifs is 2. The highest BCUT2D eigenvalue weighted by Crippen LogP contribution is 2.50. The van der Waals surface area contributed by atoms with Gasteiger partial charge in [-0.2, -0.15) is 0 Å². The summed E-state index contributed by atoms with van der Waals surface area (Å²) in [5.74, 6) is 3.21. The zero-order chi connectivity index (χ0) is 10.3. The molecule has 0 aromatic carbocycles. The first kappa shape index (κ1) is 10.1. The highest BCUT2D eigenvalue weighted by Gasteiger charge is 2.43. The van der Waals surface area contributed by atoms with Crippen molar-refractivity contribution in [2.24, 2.45) is 17.8 Å². The summed E-state index contributed by atoms with van der Waals surface area (Å²) in [6.07, 6.45) is 6.16. The van der Waals surface area contributed by atoms with Gasteiger partial charge >= 0.3 is 0 Å². The molecule has 2 bridgehead atoms. The van der Waals surface area contributed by atoms with Gasteiger partial charge in [-0.25, -0.2) is 0 Å². The third kappa shape index (κ3) is 1.83. The molecule has 1 N–H and O–H groups in total. The van der Waals surface area contributed by atoms with Crippen LogP contribution in [0.15, 0.2) is 0 Å². The lowest BCUT2D eigenvalue weighted by Gasteiger charge is -2.39. The molecule has 0 radical (unpaired) electrons. The average molecular weight is 208 g/mol. The zero-order valence-corrected chi connectivity index (χ0v) is 9.91. The van der Waals surface area contributed by atoms with Gasteiger partial charge in [0.25, 0.3) is 0 Å². The fraction of sp³-hybridized carbons (Fsp3) is 1.00. The van der Waals surface area contributed by atoms with Crippen molar-refractivity contribution < 1.29 is 0 Å². The molecule has 2 saturated carbocycles. The fourth-order valence-electron chi connectivity index (χ4n) is 4.24. The van der Waals surface area contributed by atoms with E-state index in [1.807, 2.05) is 0 Å². The normalized spacial score (nSPS) is 43.4. The van der Waals surface area contributed by atoms with Gasteiger partial charge in [-0.15, -0.1) is 0 Å². The summed E-state index contributed by atoms with van der Waals surface area (Å²) in [6.45, 7) is 7.43. The molecular weight excluding hydrogens is 184 g/mol. The van der Waals surface area contributed by atoms with Crippen molar-refractivity contribution >= 4 is 0 Å². The van der Waals surface area contributed by atoms with Crippen LogP contribution < -0.4 is 5.32 Å². The monoisotopic (exact) mass is 208 g/mol. The summed E-state index contributed by atoms with van der Waals surface area (Å²) in [6, 6.07) is 0.849. The largest absolute Gasteiger partial charge is 0.314 e. The molecule has 2 nitrogen and oxygen atoms in total. The molecule has 3 rings (SSSR count). The van der Waals surface area contributed by atoms with E-state index < -0.39 is 0 Å². The molecular formula is C13H24N2. The lowest BCUT2D eigenvalue weighted by molar-refractivity contribution is 0.107. The second kappa shape index (κ2) is 4.06. The lowest BCUT2D eigenvalue weighted by atomic mass is 9.83. The molecule has 0 aromatic heterocycles. The molecule has 2 aliphatic carbocycles. The maximum Gasteiger partial charge on any atom is 0.0110 e. The third-order valence-electron chi connectivity index (χ3n) is 5.14. The Bertz CT molecular complexity index is 223. The molecule has 1 heterocycles. The Morgan fingerprint density at radius 1 is 1.13 bits per heavy atom. The van der Waals surface area contributed by atoms with Crippen molar-refractivity contribution in [1.29, 1.82) is 0 Å². The van der Waals surface area contributed by atoms with Crippen molar-refractivity contribution in [3.63, 3.8) is 0 Å². The SMILES string of the molecule is CC(C1CC2CCC1C2)N1CCNCC1. The predicted octanol–water partition coefficient (Wildman–Crippen LogP) is 1.72. The van der Waals surface area contributed by atoms with Gasteiger partial charge in [-0.1, -0.05) is 6.42 Å². The Balaban J connectivity index is 1.61. The van der Waals surface area contributed by atoms with E-state index in [9.17, 15) is 0 Å². The highest BCUT2D eigenvalue weighted by atomic mass is 15.2. The number of nitrogens with one attached hydrogen (secondary N) is 1. The summed E-state index contributed by atoms with van der Waals surface area (Å²) >= 11 is 0. The van der Waals surface area contributed by atoms with Crippen LogP contribution in [0, 0.1) is 17.8 Å². The van der Waals surface area contributed by atoms with Gasteiger partial charge in [-0.05, 0) is 43.9 Å². The molecule has 3 aliphatic rings. The second-order valence-electron chi connectivity index (χ2n) is 5.87. The quantitative estimate of drug-likeness (QED) is 0.743. The predicted molar refractivity (Wildman–Crippen MR) is 62.8 cm³/mol. The first-order valence-corrected chi connectivity index (χ1v) is 6.79. The van der Waals surface area contributed by atoms with Gasteiger partial charge in [0.2, 0.25) is 0 Å². The maximum absolute atomic E-state index is 3.45. The molecule has 15 heavy (non-hydrogen) atoms. The van der Waals surface area contributed by atoms with Crippen LogP contribution in [-0.4, -0.2) is 37.1 Å². The molecule has 0 aromatic rings. The van der Waals surface area contributed by atoms with Gasteiger partial charge in [0.1, 0.15) is 0 Å². The molecule has 0 spiro atoms. The first-order valence-electron chi connectivity index (χ1n) is 6.79. The van der Waals surface area contributed by atoms with Crippen LogP contribution in [-0.2, 0) is 0 Å². The first-order chi connectivity index (χ1) is 7.34. The number of piperazine rings is 1. The average Bonchev–Trinajstić information content (AvgIpc) is 2.91. The highest BCUT2D eigenvalue weighted by molar-refractivity contribution is 4.95. The van der Waals surface area contributed by atoms with Gasteiger partial charge in [-0.3, -0.25) is 4.90 Å². The maximum atomic E-state index is 3.45. The molecule has 4 unspecified atom stereocenters. The smallest absolute Gasteiger partial charge is 0.0110 e. The van der Waals surface area contributed by atoms with E-state index in [1.54, 1.807) is 6.42 Å².